The zero-order chi connectivity index (χ0) is 20.4. The largest absolute Gasteiger partial charge is 0.370 e. The lowest BCUT2D eigenvalue weighted by molar-refractivity contribution is -0.120. The first-order valence-electron chi connectivity index (χ1n) is 9.35. The van der Waals surface area contributed by atoms with Crippen molar-refractivity contribution in [3.05, 3.63) is 65.9 Å². The molecule has 7 heteroatoms. The molecule has 146 valence electrons. The van der Waals surface area contributed by atoms with Gasteiger partial charge in [0.25, 0.3) is 0 Å². The molecule has 5 nitrogen and oxygen atoms in total. The summed E-state index contributed by atoms with van der Waals surface area (Å²) >= 11 is 0. The van der Waals surface area contributed by atoms with Gasteiger partial charge in [-0.2, -0.15) is 5.26 Å². The summed E-state index contributed by atoms with van der Waals surface area (Å²) in [7, 11) is 0. The molecule has 3 aromatic rings. The number of hydrogen-bond donors (Lipinski definition) is 1. The van der Waals surface area contributed by atoms with Gasteiger partial charge in [-0.15, -0.1) is 0 Å². The molecule has 2 aromatic carbocycles. The maximum atomic E-state index is 13.8. The summed E-state index contributed by atoms with van der Waals surface area (Å²) in [4.78, 5) is 18.8. The molecule has 0 atom stereocenters. The number of aromatic nitrogens is 1. The number of fused-ring (bicyclic) bond motifs is 1. The van der Waals surface area contributed by atoms with Crippen LogP contribution in [-0.2, 0) is 4.79 Å². The van der Waals surface area contributed by atoms with Crippen LogP contribution in [0.1, 0.15) is 18.4 Å². The smallest absolute Gasteiger partial charge is 0.227 e. The third kappa shape index (κ3) is 3.87. The lowest BCUT2D eigenvalue weighted by Gasteiger charge is -2.34. The van der Waals surface area contributed by atoms with Crippen LogP contribution in [-0.4, -0.2) is 24.0 Å². The number of pyridine rings is 1. The van der Waals surface area contributed by atoms with E-state index in [0.717, 1.165) is 0 Å². The van der Waals surface area contributed by atoms with Crippen LogP contribution in [0.15, 0.2) is 48.7 Å². The molecular formula is C22H18F2N4O. The fourth-order valence-electron chi connectivity index (χ4n) is 3.72. The number of anilines is 2. The maximum Gasteiger partial charge on any atom is 0.227 e. The lowest BCUT2D eigenvalue weighted by Crippen LogP contribution is -2.38. The van der Waals surface area contributed by atoms with E-state index in [2.05, 4.69) is 16.4 Å². The molecule has 0 aliphatic carbocycles. The van der Waals surface area contributed by atoms with Gasteiger partial charge in [0, 0.05) is 36.3 Å². The first-order chi connectivity index (χ1) is 14.0. The molecule has 29 heavy (non-hydrogen) atoms. The van der Waals surface area contributed by atoms with Gasteiger partial charge in [0.2, 0.25) is 5.91 Å². The van der Waals surface area contributed by atoms with Gasteiger partial charge in [-0.05, 0) is 55.3 Å². The number of hydrogen-bond acceptors (Lipinski definition) is 4. The van der Waals surface area contributed by atoms with Crippen LogP contribution in [0.3, 0.4) is 0 Å². The second kappa shape index (κ2) is 7.84. The Morgan fingerprint density at radius 2 is 1.79 bits per heavy atom. The Morgan fingerprint density at radius 3 is 2.48 bits per heavy atom. The highest BCUT2D eigenvalue weighted by Crippen LogP contribution is 2.33. The SMILES string of the molecule is N#Cc1cnc2ccc(F)cc2c1N1CCC(C(=O)Nc2ccc(F)cc2)CC1. The van der Waals surface area contributed by atoms with E-state index in [4.69, 9.17) is 0 Å². The van der Waals surface area contributed by atoms with E-state index in [-0.39, 0.29) is 23.5 Å². The quantitative estimate of drug-likeness (QED) is 0.724. The van der Waals surface area contributed by atoms with E-state index < -0.39 is 0 Å². The van der Waals surface area contributed by atoms with Crippen molar-refractivity contribution in [1.82, 2.24) is 4.98 Å². The summed E-state index contributed by atoms with van der Waals surface area (Å²) in [5, 5.41) is 12.9. The second-order valence-electron chi connectivity index (χ2n) is 7.05. The van der Waals surface area contributed by atoms with E-state index in [1.165, 1.54) is 42.6 Å². The zero-order valence-electron chi connectivity index (χ0n) is 15.5. The number of nitrogens with zero attached hydrogens (tertiary/aromatic N) is 3. The van der Waals surface area contributed by atoms with Gasteiger partial charge in [-0.3, -0.25) is 9.78 Å². The molecule has 0 radical (unpaired) electrons. The Morgan fingerprint density at radius 1 is 1.10 bits per heavy atom. The number of piperidine rings is 1. The minimum Gasteiger partial charge on any atom is -0.370 e. The van der Waals surface area contributed by atoms with Crippen LogP contribution in [0.25, 0.3) is 10.9 Å². The van der Waals surface area contributed by atoms with Gasteiger partial charge >= 0.3 is 0 Å². The highest BCUT2D eigenvalue weighted by atomic mass is 19.1. The predicted octanol–water partition coefficient (Wildman–Crippen LogP) is 4.24. The number of amides is 1. The standard InChI is InChI=1S/C22H18F2N4O/c23-16-1-4-18(5-2-16)27-22(29)14-7-9-28(10-8-14)21-15(12-25)13-26-20-6-3-17(24)11-19(20)21/h1-6,11,13-14H,7-10H2,(H,27,29). The summed E-state index contributed by atoms with van der Waals surface area (Å²) in [6, 6.07) is 12.1. The van der Waals surface area contributed by atoms with Crippen LogP contribution < -0.4 is 10.2 Å². The minimum atomic E-state index is -0.385. The van der Waals surface area contributed by atoms with Crippen molar-refractivity contribution >= 4 is 28.2 Å². The van der Waals surface area contributed by atoms with Crippen molar-refractivity contribution in [1.29, 1.82) is 5.26 Å². The highest BCUT2D eigenvalue weighted by molar-refractivity contribution is 5.95. The summed E-state index contributed by atoms with van der Waals surface area (Å²) in [5.41, 5.74) is 2.23. The Bertz CT molecular complexity index is 1100. The number of carbonyl (C=O) groups excluding carboxylic acids is 1. The fourth-order valence-corrected chi connectivity index (χ4v) is 3.72. The highest BCUT2D eigenvalue weighted by Gasteiger charge is 2.27. The number of benzene rings is 2. The zero-order valence-corrected chi connectivity index (χ0v) is 15.5. The first kappa shape index (κ1) is 18.8. The molecule has 1 fully saturated rings. The second-order valence-corrected chi connectivity index (χ2v) is 7.05. The molecule has 2 heterocycles. The molecular weight excluding hydrogens is 374 g/mol. The maximum absolute atomic E-state index is 13.8. The number of carbonyl (C=O) groups is 1. The van der Waals surface area contributed by atoms with Crippen molar-refractivity contribution in [2.45, 2.75) is 12.8 Å². The number of nitriles is 1. The summed E-state index contributed by atoms with van der Waals surface area (Å²) in [6.07, 6.45) is 2.69. The molecule has 1 saturated heterocycles. The summed E-state index contributed by atoms with van der Waals surface area (Å²) < 4.78 is 26.8. The average molecular weight is 392 g/mol. The van der Waals surface area contributed by atoms with E-state index in [1.807, 2.05) is 4.90 Å². The van der Waals surface area contributed by atoms with Crippen molar-refractivity contribution in [3.63, 3.8) is 0 Å². The van der Waals surface area contributed by atoms with E-state index >= 15 is 0 Å². The minimum absolute atomic E-state index is 0.109. The molecule has 1 N–H and O–H groups in total. The summed E-state index contributed by atoms with van der Waals surface area (Å²) in [6.45, 7) is 1.12. The topological polar surface area (TPSA) is 69.0 Å². The van der Waals surface area contributed by atoms with Crippen LogP contribution in [0, 0.1) is 28.9 Å². The molecule has 0 saturated carbocycles. The molecule has 1 aliphatic heterocycles. The van der Waals surface area contributed by atoms with Gasteiger partial charge in [0.05, 0.1) is 16.8 Å². The normalized spacial score (nSPS) is 14.6. The number of nitrogens with one attached hydrogen (secondary N) is 1. The summed E-state index contributed by atoms with van der Waals surface area (Å²) in [5.74, 6) is -1.04. The number of rotatable bonds is 3. The van der Waals surface area contributed by atoms with Crippen molar-refractivity contribution in [3.8, 4) is 6.07 Å². The van der Waals surface area contributed by atoms with Crippen molar-refractivity contribution in [2.24, 2.45) is 5.92 Å². The van der Waals surface area contributed by atoms with Gasteiger partial charge in [0.1, 0.15) is 17.7 Å². The van der Waals surface area contributed by atoms with E-state index in [0.29, 0.717) is 53.8 Å². The Hall–Kier alpha value is -3.53. The van der Waals surface area contributed by atoms with Crippen molar-refractivity contribution < 1.29 is 13.6 Å². The van der Waals surface area contributed by atoms with Crippen LogP contribution >= 0.6 is 0 Å². The molecule has 0 spiro atoms. The first-order valence-corrected chi connectivity index (χ1v) is 9.35. The fraction of sp³-hybridized carbons (Fsp3) is 0.227. The van der Waals surface area contributed by atoms with E-state index in [9.17, 15) is 18.8 Å². The Kier molecular flexibility index (Phi) is 5.09. The Labute approximate surface area is 166 Å². The van der Waals surface area contributed by atoms with Gasteiger partial charge in [-0.1, -0.05) is 0 Å². The van der Waals surface area contributed by atoms with Crippen LogP contribution in [0.2, 0.25) is 0 Å². The molecule has 0 unspecified atom stereocenters. The third-order valence-corrected chi connectivity index (χ3v) is 5.22. The predicted molar refractivity (Wildman–Crippen MR) is 106 cm³/mol. The molecule has 1 amide bonds. The molecule has 4 rings (SSSR count). The third-order valence-electron chi connectivity index (χ3n) is 5.22. The van der Waals surface area contributed by atoms with Gasteiger partial charge in [-0.25, -0.2) is 8.78 Å². The lowest BCUT2D eigenvalue weighted by atomic mass is 9.94. The Balaban J connectivity index is 1.51. The monoisotopic (exact) mass is 392 g/mol. The van der Waals surface area contributed by atoms with E-state index in [1.54, 1.807) is 6.07 Å². The average Bonchev–Trinajstić information content (AvgIpc) is 2.74. The molecule has 1 aromatic heterocycles. The molecule has 0 bridgehead atoms. The van der Waals surface area contributed by atoms with Crippen LogP contribution in [0.5, 0.6) is 0 Å². The van der Waals surface area contributed by atoms with Gasteiger partial charge < -0.3 is 10.2 Å². The molecule has 1 aliphatic rings. The number of halogens is 2. The van der Waals surface area contributed by atoms with Gasteiger partial charge in [0.15, 0.2) is 0 Å². The van der Waals surface area contributed by atoms with Crippen molar-refractivity contribution in [2.75, 3.05) is 23.3 Å². The van der Waals surface area contributed by atoms with Crippen LogP contribution in [0.4, 0.5) is 20.2 Å².